The second-order valence-electron chi connectivity index (χ2n) is 7.46. The van der Waals surface area contributed by atoms with Gasteiger partial charge in [-0.15, -0.1) is 5.10 Å². The van der Waals surface area contributed by atoms with E-state index >= 15 is 0 Å². The van der Waals surface area contributed by atoms with Crippen LogP contribution in [0.3, 0.4) is 0 Å². The van der Waals surface area contributed by atoms with Crippen LogP contribution in [0.1, 0.15) is 22.3 Å². The van der Waals surface area contributed by atoms with Gasteiger partial charge in [-0.05, 0) is 36.8 Å². The van der Waals surface area contributed by atoms with Crippen LogP contribution >= 0.6 is 11.3 Å². The predicted octanol–water partition coefficient (Wildman–Crippen LogP) is 3.86. The van der Waals surface area contributed by atoms with Gasteiger partial charge in [-0.2, -0.15) is 4.52 Å². The Labute approximate surface area is 177 Å². The molecule has 0 bridgehead atoms. The van der Waals surface area contributed by atoms with E-state index in [2.05, 4.69) is 32.0 Å². The number of nitrogens with zero attached hydrogens (tertiary/aromatic N) is 5. The van der Waals surface area contributed by atoms with E-state index in [-0.39, 0.29) is 17.7 Å². The molecule has 0 aliphatic carbocycles. The van der Waals surface area contributed by atoms with Crippen LogP contribution < -0.4 is 4.90 Å². The average molecular weight is 424 g/mol. The summed E-state index contributed by atoms with van der Waals surface area (Å²) in [6, 6.07) is 16.7. The molecule has 0 unspecified atom stereocenters. The maximum Gasteiger partial charge on any atom is 0.230 e. The number of rotatable bonds is 4. The summed E-state index contributed by atoms with van der Waals surface area (Å²) >= 11 is 1.41. The van der Waals surface area contributed by atoms with Gasteiger partial charge in [-0.3, -0.25) is 4.90 Å². The van der Waals surface area contributed by atoms with Crippen molar-refractivity contribution < 1.29 is 9.50 Å². The van der Waals surface area contributed by atoms with Crippen molar-refractivity contribution in [3.8, 4) is 5.88 Å². The normalized spacial score (nSPS) is 16.3. The molecule has 3 heterocycles. The van der Waals surface area contributed by atoms with Crippen molar-refractivity contribution in [3.63, 3.8) is 0 Å². The molecular weight excluding hydrogens is 401 g/mol. The first-order valence-electron chi connectivity index (χ1n) is 9.94. The largest absolute Gasteiger partial charge is 0.492 e. The zero-order valence-electron chi connectivity index (χ0n) is 16.6. The first-order valence-corrected chi connectivity index (χ1v) is 10.8. The molecule has 8 heteroatoms. The Kier molecular flexibility index (Phi) is 4.88. The smallest absolute Gasteiger partial charge is 0.230 e. The number of fused-ring (bicyclic) bond motifs is 1. The van der Waals surface area contributed by atoms with Gasteiger partial charge >= 0.3 is 0 Å². The minimum Gasteiger partial charge on any atom is -0.492 e. The first kappa shape index (κ1) is 19.0. The van der Waals surface area contributed by atoms with Crippen molar-refractivity contribution in [2.24, 2.45) is 0 Å². The lowest BCUT2D eigenvalue weighted by atomic mass is 10.0. The van der Waals surface area contributed by atoms with Gasteiger partial charge in [0.1, 0.15) is 11.6 Å². The average Bonchev–Trinajstić information content (AvgIpc) is 3.27. The number of aromatic hydroxyl groups is 1. The number of hydrogen-bond donors (Lipinski definition) is 1. The van der Waals surface area contributed by atoms with E-state index in [1.165, 1.54) is 27.6 Å². The lowest BCUT2D eigenvalue weighted by molar-refractivity contribution is 0.211. The number of aromatic nitrogens is 3. The molecule has 0 saturated carbocycles. The Morgan fingerprint density at radius 2 is 1.80 bits per heavy atom. The molecule has 1 atom stereocenters. The third-order valence-corrected chi connectivity index (χ3v) is 6.59. The van der Waals surface area contributed by atoms with Crippen molar-refractivity contribution >= 4 is 22.0 Å². The first-order chi connectivity index (χ1) is 14.6. The minimum absolute atomic E-state index is 0.0790. The van der Waals surface area contributed by atoms with E-state index in [1.807, 2.05) is 24.3 Å². The Morgan fingerprint density at radius 3 is 2.50 bits per heavy atom. The predicted molar refractivity (Wildman–Crippen MR) is 116 cm³/mol. The van der Waals surface area contributed by atoms with Gasteiger partial charge in [0.25, 0.3) is 0 Å². The minimum atomic E-state index is -0.282. The molecule has 2 aromatic carbocycles. The number of hydrogen-bond acceptors (Lipinski definition) is 6. The monoisotopic (exact) mass is 423 g/mol. The zero-order valence-corrected chi connectivity index (χ0v) is 17.4. The van der Waals surface area contributed by atoms with Crippen molar-refractivity contribution in [2.45, 2.75) is 13.0 Å². The fourth-order valence-corrected chi connectivity index (χ4v) is 5.27. The number of halogens is 1. The standard InChI is InChI=1S/C22H22FN5OS/c1-15-24-22-28(25-15)21(29)20(30-22)19(16-6-5-7-17(23)14-16)27-12-10-26(11-13-27)18-8-3-2-4-9-18/h2-9,14,19,29H,10-13H2,1H3/t19-/m1/s1. The highest BCUT2D eigenvalue weighted by molar-refractivity contribution is 7.17. The molecule has 0 radical (unpaired) electrons. The van der Waals surface area contributed by atoms with Crippen LogP contribution in [-0.4, -0.2) is 50.8 Å². The Balaban J connectivity index is 1.49. The summed E-state index contributed by atoms with van der Waals surface area (Å²) in [6.45, 7) is 5.10. The quantitative estimate of drug-likeness (QED) is 0.540. The lowest BCUT2D eigenvalue weighted by Gasteiger charge is -2.40. The van der Waals surface area contributed by atoms with Gasteiger partial charge in [-0.25, -0.2) is 9.37 Å². The van der Waals surface area contributed by atoms with Gasteiger partial charge in [0.15, 0.2) is 0 Å². The highest BCUT2D eigenvalue weighted by Gasteiger charge is 2.32. The molecular formula is C22H22FN5OS. The molecule has 6 nitrogen and oxygen atoms in total. The molecule has 2 aromatic heterocycles. The summed E-state index contributed by atoms with van der Waals surface area (Å²) in [7, 11) is 0. The van der Waals surface area contributed by atoms with Crippen LogP contribution in [-0.2, 0) is 0 Å². The van der Waals surface area contributed by atoms with Crippen LogP contribution in [0.25, 0.3) is 4.96 Å². The number of aryl methyl sites for hydroxylation is 1. The number of anilines is 1. The molecule has 1 fully saturated rings. The van der Waals surface area contributed by atoms with E-state index in [9.17, 15) is 9.50 Å². The number of benzene rings is 2. The van der Waals surface area contributed by atoms with Crippen LogP contribution in [0.2, 0.25) is 0 Å². The third kappa shape index (κ3) is 3.42. The summed E-state index contributed by atoms with van der Waals surface area (Å²) in [4.78, 5) is 10.4. The summed E-state index contributed by atoms with van der Waals surface area (Å²) in [5.74, 6) is 0.410. The Hall–Kier alpha value is -2.97. The van der Waals surface area contributed by atoms with E-state index in [4.69, 9.17) is 0 Å². The van der Waals surface area contributed by atoms with Gasteiger partial charge < -0.3 is 10.0 Å². The second kappa shape index (κ2) is 7.70. The SMILES string of the molecule is Cc1nc2sc([C@@H](c3cccc(F)c3)N3CCN(c4ccccc4)CC3)c(O)n2n1. The van der Waals surface area contributed by atoms with Gasteiger partial charge in [0, 0.05) is 31.9 Å². The topological polar surface area (TPSA) is 56.9 Å². The highest BCUT2D eigenvalue weighted by atomic mass is 32.1. The molecule has 1 N–H and O–H groups in total. The highest BCUT2D eigenvalue weighted by Crippen LogP contribution is 2.40. The van der Waals surface area contributed by atoms with Gasteiger partial charge in [0.05, 0.1) is 10.9 Å². The summed E-state index contributed by atoms with van der Waals surface area (Å²) < 4.78 is 15.6. The van der Waals surface area contributed by atoms with E-state index in [1.54, 1.807) is 19.1 Å². The van der Waals surface area contributed by atoms with Crippen molar-refractivity contribution in [1.29, 1.82) is 0 Å². The van der Waals surface area contributed by atoms with Crippen molar-refractivity contribution in [3.05, 3.63) is 76.7 Å². The second-order valence-corrected chi connectivity index (χ2v) is 8.47. The van der Waals surface area contributed by atoms with E-state index in [0.717, 1.165) is 36.6 Å². The van der Waals surface area contributed by atoms with Gasteiger partial charge in [-0.1, -0.05) is 41.7 Å². The lowest BCUT2D eigenvalue weighted by Crippen LogP contribution is -2.47. The summed E-state index contributed by atoms with van der Waals surface area (Å²) in [5.41, 5.74) is 2.02. The maximum absolute atomic E-state index is 14.1. The van der Waals surface area contributed by atoms with E-state index in [0.29, 0.717) is 10.8 Å². The molecule has 0 amide bonds. The van der Waals surface area contributed by atoms with Crippen LogP contribution in [0.4, 0.5) is 10.1 Å². The van der Waals surface area contributed by atoms with Crippen molar-refractivity contribution in [2.75, 3.05) is 31.1 Å². The summed E-state index contributed by atoms with van der Waals surface area (Å²) in [5, 5.41) is 15.2. The van der Waals surface area contributed by atoms with Crippen LogP contribution in [0.5, 0.6) is 5.88 Å². The Morgan fingerprint density at radius 1 is 1.03 bits per heavy atom. The van der Waals surface area contributed by atoms with Crippen LogP contribution in [0.15, 0.2) is 54.6 Å². The number of thiazole rings is 1. The summed E-state index contributed by atoms with van der Waals surface area (Å²) in [6.07, 6.45) is 0. The molecule has 5 rings (SSSR count). The fraction of sp³-hybridized carbons (Fsp3) is 0.273. The molecule has 1 saturated heterocycles. The number of piperazine rings is 1. The van der Waals surface area contributed by atoms with E-state index < -0.39 is 0 Å². The molecule has 154 valence electrons. The molecule has 0 spiro atoms. The van der Waals surface area contributed by atoms with Crippen molar-refractivity contribution in [1.82, 2.24) is 19.5 Å². The Bertz CT molecular complexity index is 1170. The fourth-order valence-electron chi connectivity index (χ4n) is 4.11. The van der Waals surface area contributed by atoms with Gasteiger partial charge in [0.2, 0.25) is 10.8 Å². The molecule has 30 heavy (non-hydrogen) atoms. The number of para-hydroxylation sites is 1. The zero-order chi connectivity index (χ0) is 20.7. The van der Waals surface area contributed by atoms with Crippen LogP contribution in [0, 0.1) is 12.7 Å². The molecule has 1 aliphatic heterocycles. The molecule has 4 aromatic rings. The molecule has 1 aliphatic rings. The maximum atomic E-state index is 14.1. The third-order valence-electron chi connectivity index (χ3n) is 5.52.